The van der Waals surface area contributed by atoms with E-state index in [0.717, 1.165) is 6.08 Å². The number of allylic oxidation sites excluding steroid dienone is 1. The molecular formula is C5H7NaO4S. The normalized spacial score (nSPS) is 9.91. The van der Waals surface area contributed by atoms with Crippen LogP contribution in [-0.2, 0) is 14.9 Å². The molecule has 0 fully saturated rings. The first kappa shape index (κ1) is 13.9. The van der Waals surface area contributed by atoms with Crippen LogP contribution in [0.25, 0.3) is 0 Å². The quantitative estimate of drug-likeness (QED) is 0.261. The van der Waals surface area contributed by atoms with Crippen LogP contribution in [0, 0.1) is 0 Å². The average Bonchev–Trinajstić information content (AvgIpc) is 1.81. The van der Waals surface area contributed by atoms with E-state index >= 15 is 0 Å². The molecule has 0 aromatic heterocycles. The van der Waals surface area contributed by atoms with Crippen molar-refractivity contribution < 1.29 is 47.3 Å². The van der Waals surface area contributed by atoms with Crippen LogP contribution in [0.1, 0.15) is 6.42 Å². The van der Waals surface area contributed by atoms with Gasteiger partial charge in [-0.25, -0.2) is 8.42 Å². The fourth-order valence-electron chi connectivity index (χ4n) is 0.328. The van der Waals surface area contributed by atoms with Gasteiger partial charge in [0.05, 0.1) is 10.1 Å². The van der Waals surface area contributed by atoms with Gasteiger partial charge in [0.1, 0.15) is 0 Å². The summed E-state index contributed by atoms with van der Waals surface area (Å²) >= 11 is 0. The van der Waals surface area contributed by atoms with Crippen LogP contribution in [0.3, 0.4) is 0 Å². The Hall–Kier alpha value is 0.320. The van der Waals surface area contributed by atoms with E-state index in [4.69, 9.17) is 0 Å². The van der Waals surface area contributed by atoms with E-state index in [1.807, 2.05) is 0 Å². The number of carbonyl (C=O) groups excluding carboxylic acids is 1. The Morgan fingerprint density at radius 3 is 2.27 bits per heavy atom. The van der Waals surface area contributed by atoms with Crippen molar-refractivity contribution >= 4 is 15.9 Å². The van der Waals surface area contributed by atoms with Crippen molar-refractivity contribution in [2.75, 3.05) is 5.75 Å². The Bertz CT molecular complexity index is 231. The van der Waals surface area contributed by atoms with Crippen LogP contribution in [0.2, 0.25) is 0 Å². The minimum absolute atomic E-state index is 0. The summed E-state index contributed by atoms with van der Waals surface area (Å²) in [5.74, 6) is -1.07. The molecule has 0 aliphatic carbocycles. The second-order valence-electron chi connectivity index (χ2n) is 1.68. The van der Waals surface area contributed by atoms with Crippen LogP contribution in [0.15, 0.2) is 12.7 Å². The maximum Gasteiger partial charge on any atom is 1.00 e. The summed E-state index contributed by atoms with van der Waals surface area (Å²) in [7, 11) is -4.25. The molecule has 0 atom stereocenters. The predicted molar refractivity (Wildman–Crippen MR) is 34.4 cm³/mol. The molecule has 0 aliphatic heterocycles. The molecular weight excluding hydrogens is 179 g/mol. The largest absolute Gasteiger partial charge is 1.00 e. The Morgan fingerprint density at radius 1 is 1.55 bits per heavy atom. The first-order chi connectivity index (χ1) is 4.45. The molecule has 4 nitrogen and oxygen atoms in total. The number of ketones is 1. The second-order valence-corrected chi connectivity index (χ2v) is 3.21. The van der Waals surface area contributed by atoms with E-state index in [1.165, 1.54) is 0 Å². The number of rotatable bonds is 4. The Kier molecular flexibility index (Phi) is 7.45. The summed E-state index contributed by atoms with van der Waals surface area (Å²) in [6.45, 7) is 3.11. The molecule has 0 aromatic rings. The van der Waals surface area contributed by atoms with Gasteiger partial charge in [0.25, 0.3) is 0 Å². The van der Waals surface area contributed by atoms with Crippen LogP contribution in [-0.4, -0.2) is 24.5 Å². The molecule has 0 amide bonds. The third kappa shape index (κ3) is 10.3. The van der Waals surface area contributed by atoms with Gasteiger partial charge in [-0.1, -0.05) is 6.58 Å². The molecule has 0 spiro atoms. The fourth-order valence-corrected chi connectivity index (χ4v) is 0.779. The molecule has 0 rings (SSSR count). The SMILES string of the molecule is C=CC(=O)CCS(=O)(=O)[O-].[Na+]. The molecule has 6 heteroatoms. The fraction of sp³-hybridized carbons (Fsp3) is 0.400. The van der Waals surface area contributed by atoms with Gasteiger partial charge < -0.3 is 4.55 Å². The topological polar surface area (TPSA) is 74.3 Å². The van der Waals surface area contributed by atoms with Crippen molar-refractivity contribution in [1.29, 1.82) is 0 Å². The zero-order valence-electron chi connectivity index (χ0n) is 6.24. The second kappa shape index (κ2) is 5.91. The minimum atomic E-state index is -4.25. The van der Waals surface area contributed by atoms with Gasteiger partial charge in [0.15, 0.2) is 5.78 Å². The third-order valence-electron chi connectivity index (χ3n) is 0.826. The smallest absolute Gasteiger partial charge is 0.748 e. The van der Waals surface area contributed by atoms with Gasteiger partial charge >= 0.3 is 29.6 Å². The van der Waals surface area contributed by atoms with Gasteiger partial charge in [0, 0.05) is 12.2 Å². The van der Waals surface area contributed by atoms with Crippen molar-refractivity contribution in [3.8, 4) is 0 Å². The van der Waals surface area contributed by atoms with E-state index in [9.17, 15) is 17.8 Å². The molecule has 0 aliphatic rings. The van der Waals surface area contributed by atoms with Gasteiger partial charge in [0.2, 0.25) is 0 Å². The van der Waals surface area contributed by atoms with Crippen molar-refractivity contribution in [2.24, 2.45) is 0 Å². The summed E-state index contributed by atoms with van der Waals surface area (Å²) in [4.78, 5) is 10.3. The molecule has 0 radical (unpaired) electrons. The van der Waals surface area contributed by atoms with E-state index in [0.29, 0.717) is 0 Å². The van der Waals surface area contributed by atoms with Crippen LogP contribution >= 0.6 is 0 Å². The van der Waals surface area contributed by atoms with Gasteiger partial charge in [-0.2, -0.15) is 0 Å². The first-order valence-corrected chi connectivity index (χ1v) is 4.12. The molecule has 0 N–H and O–H groups in total. The van der Waals surface area contributed by atoms with E-state index < -0.39 is 21.7 Å². The van der Waals surface area contributed by atoms with E-state index in [2.05, 4.69) is 6.58 Å². The zero-order chi connectivity index (χ0) is 8.20. The van der Waals surface area contributed by atoms with Crippen molar-refractivity contribution in [2.45, 2.75) is 6.42 Å². The standard InChI is InChI=1S/C5H8O4S.Na/c1-2-5(6)3-4-10(7,8)9;/h2H,1,3-4H2,(H,7,8,9);/q;+1/p-1. The van der Waals surface area contributed by atoms with Crippen molar-refractivity contribution in [3.05, 3.63) is 12.7 Å². The van der Waals surface area contributed by atoms with Gasteiger partial charge in [-0.3, -0.25) is 4.79 Å². The number of carbonyl (C=O) groups is 1. The molecule has 0 unspecified atom stereocenters. The van der Waals surface area contributed by atoms with Gasteiger partial charge in [-0.05, 0) is 6.08 Å². The van der Waals surface area contributed by atoms with E-state index in [1.54, 1.807) is 0 Å². The van der Waals surface area contributed by atoms with Crippen LogP contribution < -0.4 is 29.6 Å². The maximum atomic E-state index is 10.3. The molecule has 11 heavy (non-hydrogen) atoms. The first-order valence-electron chi connectivity index (χ1n) is 2.54. The zero-order valence-corrected chi connectivity index (χ0v) is 9.06. The molecule has 0 saturated heterocycles. The Balaban J connectivity index is 0. The van der Waals surface area contributed by atoms with Crippen LogP contribution in [0.4, 0.5) is 0 Å². The number of hydrogen-bond acceptors (Lipinski definition) is 4. The van der Waals surface area contributed by atoms with Crippen molar-refractivity contribution in [3.63, 3.8) is 0 Å². The van der Waals surface area contributed by atoms with E-state index in [-0.39, 0.29) is 36.0 Å². The monoisotopic (exact) mass is 186 g/mol. The summed E-state index contributed by atoms with van der Waals surface area (Å²) in [5, 5.41) is 0. The molecule has 0 bridgehead atoms. The minimum Gasteiger partial charge on any atom is -0.748 e. The summed E-state index contributed by atoms with van der Waals surface area (Å²) in [6, 6.07) is 0. The molecule has 0 heterocycles. The predicted octanol–water partition coefficient (Wildman–Crippen LogP) is -3.32. The Morgan fingerprint density at radius 2 is 2.00 bits per heavy atom. The summed E-state index contributed by atoms with van der Waals surface area (Å²) < 4.78 is 29.7. The van der Waals surface area contributed by atoms with Gasteiger partial charge in [-0.15, -0.1) is 0 Å². The van der Waals surface area contributed by atoms with Crippen molar-refractivity contribution in [1.82, 2.24) is 0 Å². The third-order valence-corrected chi connectivity index (χ3v) is 1.53. The summed E-state index contributed by atoms with van der Waals surface area (Å²) in [5.41, 5.74) is 0. The van der Waals surface area contributed by atoms with Crippen LogP contribution in [0.5, 0.6) is 0 Å². The molecule has 58 valence electrons. The average molecular weight is 186 g/mol. The number of hydrogen-bond donors (Lipinski definition) is 0. The Labute approximate surface area is 87.7 Å². The summed E-state index contributed by atoms with van der Waals surface area (Å²) in [6.07, 6.45) is 0.723. The maximum absolute atomic E-state index is 10.3. The molecule has 0 aromatic carbocycles. The molecule has 0 saturated carbocycles.